The summed E-state index contributed by atoms with van der Waals surface area (Å²) < 4.78 is 67.1. The Labute approximate surface area is 181 Å². The van der Waals surface area contributed by atoms with Crippen LogP contribution in [0.15, 0.2) is 77.8 Å². The minimum atomic E-state index is -4.52. The summed E-state index contributed by atoms with van der Waals surface area (Å²) in [5.74, 6) is -0.719. The van der Waals surface area contributed by atoms with Crippen LogP contribution >= 0.6 is 0 Å². The predicted octanol–water partition coefficient (Wildman–Crippen LogP) is 4.51. The van der Waals surface area contributed by atoms with E-state index < -0.39 is 27.7 Å². The molecule has 0 saturated carbocycles. The van der Waals surface area contributed by atoms with Crippen molar-refractivity contribution in [3.63, 3.8) is 0 Å². The molecule has 2 aromatic heterocycles. The second-order valence-corrected chi connectivity index (χ2v) is 8.70. The number of carbonyl (C=O) groups excluding carboxylic acids is 1. The normalized spacial score (nSPS) is 12.1. The fourth-order valence-corrected chi connectivity index (χ4v) is 4.34. The first kappa shape index (κ1) is 21.6. The first-order valence-electron chi connectivity index (χ1n) is 9.35. The number of fused-ring (bicyclic) bond motifs is 1. The molecular formula is C22H16F3N3O3S. The molecule has 4 aromatic rings. The van der Waals surface area contributed by atoms with Crippen molar-refractivity contribution < 1.29 is 26.4 Å². The quantitative estimate of drug-likeness (QED) is 0.487. The fourth-order valence-electron chi connectivity index (χ4n) is 3.35. The number of nitrogens with zero attached hydrogens (tertiary/aromatic N) is 2. The molecule has 0 atom stereocenters. The van der Waals surface area contributed by atoms with Gasteiger partial charge in [-0.25, -0.2) is 17.7 Å². The number of halogens is 3. The highest BCUT2D eigenvalue weighted by molar-refractivity contribution is 7.90. The number of carbonyl (C=O) groups is 1. The molecule has 0 radical (unpaired) electrons. The topological polar surface area (TPSA) is 80.5 Å². The Balaban J connectivity index is 1.90. The largest absolute Gasteiger partial charge is 0.417 e. The highest BCUT2D eigenvalue weighted by Crippen LogP contribution is 2.37. The van der Waals surface area contributed by atoms with Gasteiger partial charge in [-0.05, 0) is 29.8 Å². The maximum atomic E-state index is 13.2. The zero-order valence-electron chi connectivity index (χ0n) is 16.6. The number of pyridine rings is 1. The van der Waals surface area contributed by atoms with E-state index in [0.29, 0.717) is 27.9 Å². The van der Waals surface area contributed by atoms with Gasteiger partial charge in [-0.15, -0.1) is 0 Å². The van der Waals surface area contributed by atoms with Crippen molar-refractivity contribution in [2.24, 2.45) is 0 Å². The maximum Gasteiger partial charge on any atom is 0.417 e. The number of hydrogen-bond donors (Lipinski definition) is 1. The third kappa shape index (κ3) is 4.09. The maximum absolute atomic E-state index is 13.2. The number of aromatic nitrogens is 2. The lowest BCUT2D eigenvalue weighted by atomic mass is 10.00. The smallest absolute Gasteiger partial charge is 0.274 e. The van der Waals surface area contributed by atoms with Gasteiger partial charge in [0.2, 0.25) is 5.91 Å². The van der Waals surface area contributed by atoms with E-state index in [2.05, 4.69) is 5.10 Å². The summed E-state index contributed by atoms with van der Waals surface area (Å²) >= 11 is 0. The minimum Gasteiger partial charge on any atom is -0.274 e. The minimum absolute atomic E-state index is 0.117. The van der Waals surface area contributed by atoms with Crippen LogP contribution in [0.3, 0.4) is 0 Å². The SMILES string of the molecule is CC(=O)NS(=O)(=O)c1ccc(-c2c(-c3ccccc3)nn3cc(C(F)(F)F)ccc23)cc1. The zero-order valence-corrected chi connectivity index (χ0v) is 17.4. The Hall–Kier alpha value is -3.66. The van der Waals surface area contributed by atoms with Gasteiger partial charge >= 0.3 is 6.18 Å². The Bertz CT molecular complexity index is 1410. The van der Waals surface area contributed by atoms with Crippen molar-refractivity contribution in [3.8, 4) is 22.4 Å². The number of benzene rings is 2. The van der Waals surface area contributed by atoms with Crippen LogP contribution in [-0.2, 0) is 21.0 Å². The molecule has 1 amide bonds. The Morgan fingerprint density at radius 1 is 0.938 bits per heavy atom. The van der Waals surface area contributed by atoms with Gasteiger partial charge < -0.3 is 0 Å². The van der Waals surface area contributed by atoms with Gasteiger partial charge in [0, 0.05) is 24.2 Å². The lowest BCUT2D eigenvalue weighted by Crippen LogP contribution is -2.28. The van der Waals surface area contributed by atoms with Crippen molar-refractivity contribution in [2.45, 2.75) is 18.0 Å². The summed E-state index contributed by atoms with van der Waals surface area (Å²) in [4.78, 5) is 11.0. The monoisotopic (exact) mass is 459 g/mol. The molecule has 0 aliphatic heterocycles. The summed E-state index contributed by atoms with van der Waals surface area (Å²) in [5.41, 5.74) is 1.83. The predicted molar refractivity (Wildman–Crippen MR) is 112 cm³/mol. The number of amides is 1. The molecule has 0 saturated heterocycles. The number of sulfonamides is 1. The van der Waals surface area contributed by atoms with E-state index in [0.717, 1.165) is 19.2 Å². The number of hydrogen-bond acceptors (Lipinski definition) is 4. The molecule has 1 N–H and O–H groups in total. The van der Waals surface area contributed by atoms with Gasteiger partial charge in [-0.3, -0.25) is 4.79 Å². The average Bonchev–Trinajstić information content (AvgIpc) is 3.12. The molecule has 0 aliphatic carbocycles. The van der Waals surface area contributed by atoms with Crippen LogP contribution in [0.25, 0.3) is 27.9 Å². The summed E-state index contributed by atoms with van der Waals surface area (Å²) in [6, 6.07) is 16.9. The van der Waals surface area contributed by atoms with E-state index in [1.54, 1.807) is 24.3 Å². The third-order valence-electron chi connectivity index (χ3n) is 4.74. The van der Waals surface area contributed by atoms with Crippen molar-refractivity contribution in [1.29, 1.82) is 0 Å². The van der Waals surface area contributed by atoms with Gasteiger partial charge in [0.05, 0.1) is 16.0 Å². The van der Waals surface area contributed by atoms with Crippen LogP contribution in [0.4, 0.5) is 13.2 Å². The standard InChI is InChI=1S/C22H16F3N3O3S/c1-14(29)27-32(30,31)18-10-7-15(8-11-18)20-19-12-9-17(22(23,24)25)13-28(19)26-21(20)16-5-3-2-4-6-16/h2-13H,1H3,(H,27,29). The number of alkyl halides is 3. The molecule has 0 aliphatic rings. The van der Waals surface area contributed by atoms with E-state index >= 15 is 0 Å². The number of rotatable bonds is 4. The van der Waals surface area contributed by atoms with Crippen LogP contribution in [0.1, 0.15) is 12.5 Å². The third-order valence-corrected chi connectivity index (χ3v) is 6.18. The van der Waals surface area contributed by atoms with E-state index in [9.17, 15) is 26.4 Å². The molecule has 0 fully saturated rings. The Kier molecular flexibility index (Phi) is 5.25. The first-order valence-corrected chi connectivity index (χ1v) is 10.8. The highest BCUT2D eigenvalue weighted by Gasteiger charge is 2.31. The van der Waals surface area contributed by atoms with Gasteiger partial charge in [0.15, 0.2) is 0 Å². The lowest BCUT2D eigenvalue weighted by Gasteiger charge is -2.08. The molecule has 0 unspecified atom stereocenters. The van der Waals surface area contributed by atoms with Crippen LogP contribution in [0, 0.1) is 0 Å². The Morgan fingerprint density at radius 2 is 1.59 bits per heavy atom. The fraction of sp³-hybridized carbons (Fsp3) is 0.0909. The van der Waals surface area contributed by atoms with E-state index in [4.69, 9.17) is 0 Å². The second kappa shape index (κ2) is 7.79. The van der Waals surface area contributed by atoms with E-state index in [1.807, 2.05) is 10.8 Å². The molecule has 0 bridgehead atoms. The molecule has 4 rings (SSSR count). The summed E-state index contributed by atoms with van der Waals surface area (Å²) in [6.45, 7) is 1.09. The van der Waals surface area contributed by atoms with E-state index in [-0.39, 0.29) is 4.90 Å². The van der Waals surface area contributed by atoms with Crippen molar-refractivity contribution in [1.82, 2.24) is 14.3 Å². The Morgan fingerprint density at radius 3 is 2.19 bits per heavy atom. The molecule has 2 aromatic carbocycles. The van der Waals surface area contributed by atoms with Gasteiger partial charge in [0.1, 0.15) is 5.69 Å². The van der Waals surface area contributed by atoms with Crippen LogP contribution in [0.5, 0.6) is 0 Å². The highest BCUT2D eigenvalue weighted by atomic mass is 32.2. The zero-order chi connectivity index (χ0) is 23.1. The first-order chi connectivity index (χ1) is 15.1. The molecular weight excluding hydrogens is 443 g/mol. The second-order valence-electron chi connectivity index (χ2n) is 7.02. The van der Waals surface area contributed by atoms with Gasteiger partial charge in [-0.2, -0.15) is 18.3 Å². The van der Waals surface area contributed by atoms with Crippen molar-refractivity contribution >= 4 is 21.4 Å². The average molecular weight is 459 g/mol. The van der Waals surface area contributed by atoms with Crippen LogP contribution in [-0.4, -0.2) is 23.9 Å². The van der Waals surface area contributed by atoms with E-state index in [1.165, 1.54) is 34.8 Å². The molecule has 164 valence electrons. The molecule has 6 nitrogen and oxygen atoms in total. The van der Waals surface area contributed by atoms with Crippen LogP contribution in [0.2, 0.25) is 0 Å². The molecule has 10 heteroatoms. The molecule has 2 heterocycles. The van der Waals surface area contributed by atoms with Crippen molar-refractivity contribution in [2.75, 3.05) is 0 Å². The summed E-state index contributed by atoms with van der Waals surface area (Å²) in [6.07, 6.45) is -3.60. The van der Waals surface area contributed by atoms with Crippen molar-refractivity contribution in [3.05, 3.63) is 78.5 Å². The summed E-state index contributed by atoms with van der Waals surface area (Å²) in [5, 5.41) is 4.39. The van der Waals surface area contributed by atoms with Crippen LogP contribution < -0.4 is 4.72 Å². The van der Waals surface area contributed by atoms with Gasteiger partial charge in [0.25, 0.3) is 10.0 Å². The molecule has 32 heavy (non-hydrogen) atoms. The number of nitrogens with one attached hydrogen (secondary N) is 1. The lowest BCUT2D eigenvalue weighted by molar-refractivity contribution is -0.137. The summed E-state index contributed by atoms with van der Waals surface area (Å²) in [7, 11) is -4.02. The van der Waals surface area contributed by atoms with Gasteiger partial charge in [-0.1, -0.05) is 42.5 Å². The molecule has 0 spiro atoms.